The number of carbonyl (C=O) groups excluding carboxylic acids is 1. The maximum atomic E-state index is 12.8. The summed E-state index contributed by atoms with van der Waals surface area (Å²) in [6, 6.07) is 8.08. The lowest BCUT2D eigenvalue weighted by molar-refractivity contribution is -0.192. The van der Waals surface area contributed by atoms with E-state index >= 15 is 0 Å². The average Bonchev–Trinajstić information content (AvgIpc) is 3.38. The number of halogens is 3. The van der Waals surface area contributed by atoms with Gasteiger partial charge in [-0.2, -0.15) is 13.2 Å². The molecule has 0 radical (unpaired) electrons. The molecule has 2 aliphatic rings. The normalized spacial score (nSPS) is 16.3. The molecule has 2 aromatic rings. The number of hydrogen-bond acceptors (Lipinski definition) is 4. The summed E-state index contributed by atoms with van der Waals surface area (Å²) in [5, 5.41) is 10.2. The summed E-state index contributed by atoms with van der Waals surface area (Å²) in [4.78, 5) is 30.8. The smallest absolute Gasteiger partial charge is 0.475 e. The van der Waals surface area contributed by atoms with Crippen molar-refractivity contribution < 1.29 is 27.9 Å². The Morgan fingerprint density at radius 2 is 1.71 bits per heavy atom. The van der Waals surface area contributed by atoms with Crippen LogP contribution in [0.3, 0.4) is 0 Å². The highest BCUT2D eigenvalue weighted by Crippen LogP contribution is 2.21. The Hall–Kier alpha value is -3.08. The number of alkyl halides is 3. The Balaban J connectivity index is 0.000000406. The number of likely N-dealkylation sites (tertiary alicyclic amines) is 1. The lowest BCUT2D eigenvalue weighted by Gasteiger charge is -2.22. The molecule has 0 saturated carbocycles. The second-order valence-electron chi connectivity index (χ2n) is 8.37. The van der Waals surface area contributed by atoms with Crippen LogP contribution in [-0.2, 0) is 30.8 Å². The summed E-state index contributed by atoms with van der Waals surface area (Å²) in [5.41, 5.74) is 4.45. The minimum Gasteiger partial charge on any atom is -0.475 e. The highest BCUT2D eigenvalue weighted by molar-refractivity contribution is 5.89. The summed E-state index contributed by atoms with van der Waals surface area (Å²) in [6.07, 6.45) is 1.38. The number of carbonyl (C=O) groups is 2. The SMILES string of the molecule is CCc1ccc(NC(=O)N2CCCn3cnc(CN4CCCC4)c3C2)cc1.O=C(O)C(F)(F)F. The number of benzene rings is 1. The fraction of sp³-hybridized carbons (Fsp3) is 0.522. The quantitative estimate of drug-likeness (QED) is 0.686. The molecule has 3 heterocycles. The highest BCUT2D eigenvalue weighted by Gasteiger charge is 2.38. The number of fused-ring (bicyclic) bond motifs is 1. The van der Waals surface area contributed by atoms with Crippen LogP contribution in [-0.4, -0.2) is 62.3 Å². The van der Waals surface area contributed by atoms with Crippen LogP contribution in [0, 0.1) is 0 Å². The number of urea groups is 1. The molecule has 1 aromatic carbocycles. The molecule has 0 unspecified atom stereocenters. The molecular formula is C23H30F3N5O3. The molecular weight excluding hydrogens is 451 g/mol. The zero-order valence-electron chi connectivity index (χ0n) is 19.1. The fourth-order valence-electron chi connectivity index (χ4n) is 4.00. The molecule has 1 saturated heterocycles. The molecule has 1 fully saturated rings. The van der Waals surface area contributed by atoms with E-state index in [1.165, 1.54) is 24.1 Å². The Morgan fingerprint density at radius 1 is 1.06 bits per heavy atom. The van der Waals surface area contributed by atoms with E-state index in [0.29, 0.717) is 6.54 Å². The number of aromatic nitrogens is 2. The first-order chi connectivity index (χ1) is 16.2. The number of aryl methyl sites for hydroxylation is 2. The van der Waals surface area contributed by atoms with Gasteiger partial charge < -0.3 is 19.9 Å². The standard InChI is InChI=1S/C21H29N5O.C2HF3O2/c1-2-17-6-8-18(9-7-17)23-21(27)25-12-5-13-26-16-22-19(20(26)15-25)14-24-10-3-4-11-24;3-2(4,5)1(6)7/h6-9,16H,2-5,10-15H2,1H3,(H,23,27);(H,6,7). The molecule has 2 N–H and O–H groups in total. The van der Waals surface area contributed by atoms with Crippen LogP contribution >= 0.6 is 0 Å². The fourth-order valence-corrected chi connectivity index (χ4v) is 4.00. The van der Waals surface area contributed by atoms with Crippen LogP contribution in [0.4, 0.5) is 23.7 Å². The van der Waals surface area contributed by atoms with Crippen molar-refractivity contribution >= 4 is 17.7 Å². The van der Waals surface area contributed by atoms with E-state index < -0.39 is 12.1 Å². The van der Waals surface area contributed by atoms with Crippen LogP contribution in [0.2, 0.25) is 0 Å². The van der Waals surface area contributed by atoms with E-state index in [1.807, 2.05) is 23.4 Å². The number of rotatable bonds is 4. The predicted octanol–water partition coefficient (Wildman–Crippen LogP) is 4.11. The maximum Gasteiger partial charge on any atom is 0.490 e. The first-order valence-corrected chi connectivity index (χ1v) is 11.4. The van der Waals surface area contributed by atoms with Gasteiger partial charge in [0.05, 0.1) is 24.3 Å². The van der Waals surface area contributed by atoms with Gasteiger partial charge in [-0.25, -0.2) is 14.6 Å². The van der Waals surface area contributed by atoms with Crippen LogP contribution in [0.5, 0.6) is 0 Å². The Bertz CT molecular complexity index is 969. The van der Waals surface area contributed by atoms with Crippen molar-refractivity contribution in [3.63, 3.8) is 0 Å². The van der Waals surface area contributed by atoms with Gasteiger partial charge in [-0.3, -0.25) is 4.90 Å². The van der Waals surface area contributed by atoms with Crippen LogP contribution in [0.15, 0.2) is 30.6 Å². The third kappa shape index (κ3) is 6.96. The minimum absolute atomic E-state index is 0.0268. The molecule has 11 heteroatoms. The molecule has 0 spiro atoms. The van der Waals surface area contributed by atoms with E-state index in [2.05, 4.69) is 38.8 Å². The number of nitrogens with zero attached hydrogens (tertiary/aromatic N) is 4. The first kappa shape index (κ1) is 25.5. The number of carboxylic acid groups (broad SMARTS) is 1. The summed E-state index contributed by atoms with van der Waals surface area (Å²) in [5.74, 6) is -2.76. The van der Waals surface area contributed by atoms with Crippen molar-refractivity contribution in [2.24, 2.45) is 0 Å². The van der Waals surface area contributed by atoms with Crippen molar-refractivity contribution in [1.29, 1.82) is 0 Å². The van der Waals surface area contributed by atoms with Gasteiger partial charge in [-0.05, 0) is 56.5 Å². The number of hydrogen-bond donors (Lipinski definition) is 2. The van der Waals surface area contributed by atoms with E-state index in [4.69, 9.17) is 9.90 Å². The van der Waals surface area contributed by atoms with Crippen LogP contribution in [0.1, 0.15) is 43.1 Å². The largest absolute Gasteiger partial charge is 0.490 e. The monoisotopic (exact) mass is 481 g/mol. The molecule has 2 amide bonds. The zero-order valence-corrected chi connectivity index (χ0v) is 19.1. The third-order valence-corrected chi connectivity index (χ3v) is 5.92. The second kappa shape index (κ2) is 11.4. The topological polar surface area (TPSA) is 90.7 Å². The lowest BCUT2D eigenvalue weighted by Crippen LogP contribution is -2.35. The third-order valence-electron chi connectivity index (χ3n) is 5.92. The average molecular weight is 482 g/mol. The summed E-state index contributed by atoms with van der Waals surface area (Å²) in [7, 11) is 0. The molecule has 0 bridgehead atoms. The van der Waals surface area contributed by atoms with E-state index in [9.17, 15) is 18.0 Å². The maximum absolute atomic E-state index is 12.8. The molecule has 34 heavy (non-hydrogen) atoms. The molecule has 1 aromatic heterocycles. The minimum atomic E-state index is -5.08. The van der Waals surface area contributed by atoms with Crippen molar-refractivity contribution in [3.8, 4) is 0 Å². The number of nitrogens with one attached hydrogen (secondary N) is 1. The van der Waals surface area contributed by atoms with Gasteiger partial charge in [0.15, 0.2) is 0 Å². The van der Waals surface area contributed by atoms with Gasteiger partial charge in [0.1, 0.15) is 0 Å². The predicted molar refractivity (Wildman–Crippen MR) is 120 cm³/mol. The Labute approximate surface area is 196 Å². The Morgan fingerprint density at radius 3 is 2.29 bits per heavy atom. The summed E-state index contributed by atoms with van der Waals surface area (Å²) < 4.78 is 34.0. The van der Waals surface area contributed by atoms with Crippen molar-refractivity contribution in [3.05, 3.63) is 47.5 Å². The molecule has 8 nitrogen and oxygen atoms in total. The molecule has 0 atom stereocenters. The van der Waals surface area contributed by atoms with E-state index in [1.54, 1.807) is 0 Å². The van der Waals surface area contributed by atoms with Crippen molar-refractivity contribution in [2.45, 2.75) is 58.4 Å². The van der Waals surface area contributed by atoms with E-state index in [-0.39, 0.29) is 6.03 Å². The zero-order chi connectivity index (χ0) is 24.7. The van der Waals surface area contributed by atoms with Gasteiger partial charge in [0.2, 0.25) is 0 Å². The Kier molecular flexibility index (Phi) is 8.54. The number of anilines is 1. The lowest BCUT2D eigenvalue weighted by atomic mass is 10.1. The van der Waals surface area contributed by atoms with Gasteiger partial charge in [-0.15, -0.1) is 0 Å². The molecule has 2 aliphatic heterocycles. The second-order valence-corrected chi connectivity index (χ2v) is 8.37. The summed E-state index contributed by atoms with van der Waals surface area (Å²) in [6.45, 7) is 7.67. The number of amides is 2. The van der Waals surface area contributed by atoms with Gasteiger partial charge in [-0.1, -0.05) is 19.1 Å². The molecule has 4 rings (SSSR count). The number of aliphatic carboxylic acids is 1. The number of imidazole rings is 1. The van der Waals surface area contributed by atoms with Gasteiger partial charge >= 0.3 is 18.2 Å². The summed E-state index contributed by atoms with van der Waals surface area (Å²) >= 11 is 0. The van der Waals surface area contributed by atoms with Crippen molar-refractivity contribution in [2.75, 3.05) is 25.0 Å². The van der Waals surface area contributed by atoms with Gasteiger partial charge in [0.25, 0.3) is 0 Å². The van der Waals surface area contributed by atoms with Crippen LogP contribution < -0.4 is 5.32 Å². The number of carboxylic acids is 1. The first-order valence-electron chi connectivity index (χ1n) is 11.4. The van der Waals surface area contributed by atoms with Gasteiger partial charge in [0, 0.05) is 25.3 Å². The van der Waals surface area contributed by atoms with Crippen molar-refractivity contribution in [1.82, 2.24) is 19.4 Å². The highest BCUT2D eigenvalue weighted by atomic mass is 19.4. The molecule has 186 valence electrons. The van der Waals surface area contributed by atoms with Crippen LogP contribution in [0.25, 0.3) is 0 Å². The van der Waals surface area contributed by atoms with E-state index in [0.717, 1.165) is 56.9 Å². The molecule has 0 aliphatic carbocycles.